The van der Waals surface area contributed by atoms with Gasteiger partial charge in [-0.25, -0.2) is 9.97 Å². The van der Waals surface area contributed by atoms with Gasteiger partial charge in [-0.2, -0.15) is 0 Å². The molecule has 0 fully saturated rings. The standard InChI is InChI=1S/C12H8ClN3/c13-12-6-10(14-7-15-12)11-5-8-3-1-2-4-9(8)16-11/h1-7,16H. The SMILES string of the molecule is Clc1cc(-c2cc3ccccc3[nH]2)ncn1. The highest BCUT2D eigenvalue weighted by Crippen LogP contribution is 2.23. The van der Waals surface area contributed by atoms with E-state index in [0.717, 1.165) is 22.3 Å². The minimum atomic E-state index is 0.448. The smallest absolute Gasteiger partial charge is 0.133 e. The molecule has 16 heavy (non-hydrogen) atoms. The molecule has 0 atom stereocenters. The Morgan fingerprint density at radius 2 is 1.94 bits per heavy atom. The van der Waals surface area contributed by atoms with Crippen LogP contribution in [0.1, 0.15) is 0 Å². The van der Waals surface area contributed by atoms with Gasteiger partial charge in [-0.05, 0) is 12.1 Å². The second-order valence-electron chi connectivity index (χ2n) is 3.50. The summed E-state index contributed by atoms with van der Waals surface area (Å²) in [6.07, 6.45) is 1.46. The highest BCUT2D eigenvalue weighted by molar-refractivity contribution is 6.29. The topological polar surface area (TPSA) is 41.6 Å². The van der Waals surface area contributed by atoms with Crippen molar-refractivity contribution >= 4 is 22.5 Å². The number of H-pyrrole nitrogens is 1. The molecule has 1 aromatic carbocycles. The van der Waals surface area contributed by atoms with Crippen LogP contribution in [0.2, 0.25) is 5.15 Å². The van der Waals surface area contributed by atoms with E-state index in [2.05, 4.69) is 21.0 Å². The Bertz CT molecular complexity index is 612. The van der Waals surface area contributed by atoms with E-state index in [0.29, 0.717) is 5.15 Å². The van der Waals surface area contributed by atoms with Gasteiger partial charge in [0.1, 0.15) is 11.5 Å². The van der Waals surface area contributed by atoms with Crippen LogP contribution < -0.4 is 0 Å². The van der Waals surface area contributed by atoms with Crippen LogP contribution in [-0.2, 0) is 0 Å². The van der Waals surface area contributed by atoms with Gasteiger partial charge in [0.15, 0.2) is 0 Å². The average molecular weight is 230 g/mol. The van der Waals surface area contributed by atoms with Crippen molar-refractivity contribution in [2.45, 2.75) is 0 Å². The Morgan fingerprint density at radius 3 is 2.75 bits per heavy atom. The maximum Gasteiger partial charge on any atom is 0.133 e. The predicted molar refractivity (Wildman–Crippen MR) is 64.3 cm³/mol. The van der Waals surface area contributed by atoms with Gasteiger partial charge in [0.25, 0.3) is 0 Å². The molecule has 3 rings (SSSR count). The van der Waals surface area contributed by atoms with Gasteiger partial charge in [0, 0.05) is 17.0 Å². The maximum absolute atomic E-state index is 5.83. The van der Waals surface area contributed by atoms with Crippen molar-refractivity contribution in [3.8, 4) is 11.4 Å². The number of aromatic amines is 1. The summed E-state index contributed by atoms with van der Waals surface area (Å²) in [5.74, 6) is 0. The number of halogens is 1. The monoisotopic (exact) mass is 229 g/mol. The summed E-state index contributed by atoms with van der Waals surface area (Å²) in [5.41, 5.74) is 2.84. The minimum Gasteiger partial charge on any atom is -0.353 e. The van der Waals surface area contributed by atoms with E-state index in [1.54, 1.807) is 6.07 Å². The molecule has 0 unspecified atom stereocenters. The van der Waals surface area contributed by atoms with Crippen LogP contribution >= 0.6 is 11.6 Å². The third-order valence-electron chi connectivity index (χ3n) is 2.44. The lowest BCUT2D eigenvalue weighted by atomic mass is 10.2. The van der Waals surface area contributed by atoms with E-state index in [1.165, 1.54) is 6.33 Å². The van der Waals surface area contributed by atoms with Gasteiger partial charge in [0.05, 0.1) is 11.4 Å². The lowest BCUT2D eigenvalue weighted by molar-refractivity contribution is 1.16. The van der Waals surface area contributed by atoms with Gasteiger partial charge >= 0.3 is 0 Å². The number of hydrogen-bond donors (Lipinski definition) is 1. The molecule has 1 N–H and O–H groups in total. The first-order valence-electron chi connectivity index (χ1n) is 4.88. The number of nitrogens with zero attached hydrogens (tertiary/aromatic N) is 2. The highest BCUT2D eigenvalue weighted by Gasteiger charge is 2.04. The Kier molecular flexibility index (Phi) is 2.11. The fraction of sp³-hybridized carbons (Fsp3) is 0. The molecule has 0 saturated carbocycles. The molecule has 0 aliphatic carbocycles. The summed E-state index contributed by atoms with van der Waals surface area (Å²) in [6.45, 7) is 0. The number of hydrogen-bond acceptors (Lipinski definition) is 2. The van der Waals surface area contributed by atoms with Crippen LogP contribution in [0.25, 0.3) is 22.3 Å². The largest absolute Gasteiger partial charge is 0.353 e. The summed E-state index contributed by atoms with van der Waals surface area (Å²) < 4.78 is 0. The third-order valence-corrected chi connectivity index (χ3v) is 2.65. The summed E-state index contributed by atoms with van der Waals surface area (Å²) in [5, 5.41) is 1.61. The quantitative estimate of drug-likeness (QED) is 0.651. The molecule has 0 bridgehead atoms. The van der Waals surface area contributed by atoms with Crippen molar-refractivity contribution < 1.29 is 0 Å². The predicted octanol–water partition coefficient (Wildman–Crippen LogP) is 3.28. The van der Waals surface area contributed by atoms with Gasteiger partial charge in [-0.15, -0.1) is 0 Å². The van der Waals surface area contributed by atoms with E-state index in [4.69, 9.17) is 11.6 Å². The van der Waals surface area contributed by atoms with E-state index in [-0.39, 0.29) is 0 Å². The zero-order valence-electron chi connectivity index (χ0n) is 8.31. The van der Waals surface area contributed by atoms with Gasteiger partial charge in [-0.3, -0.25) is 0 Å². The second-order valence-corrected chi connectivity index (χ2v) is 3.88. The number of rotatable bonds is 1. The van der Waals surface area contributed by atoms with Gasteiger partial charge < -0.3 is 4.98 Å². The van der Waals surface area contributed by atoms with E-state index in [1.807, 2.05) is 24.3 Å². The van der Waals surface area contributed by atoms with Crippen LogP contribution in [0, 0.1) is 0 Å². The molecule has 2 heterocycles. The lowest BCUT2D eigenvalue weighted by Gasteiger charge is -1.95. The molecular weight excluding hydrogens is 222 g/mol. The summed E-state index contributed by atoms with van der Waals surface area (Å²) in [4.78, 5) is 11.3. The molecular formula is C12H8ClN3. The molecule has 78 valence electrons. The first-order chi connectivity index (χ1) is 7.83. The molecule has 3 nitrogen and oxygen atoms in total. The Hall–Kier alpha value is -1.87. The number of aromatic nitrogens is 3. The summed E-state index contributed by atoms with van der Waals surface area (Å²) in [6, 6.07) is 11.9. The van der Waals surface area contributed by atoms with Crippen molar-refractivity contribution in [1.82, 2.24) is 15.0 Å². The zero-order chi connectivity index (χ0) is 11.0. The second kappa shape index (κ2) is 3.61. The summed E-state index contributed by atoms with van der Waals surface area (Å²) in [7, 11) is 0. The molecule has 4 heteroatoms. The van der Waals surface area contributed by atoms with Crippen LogP contribution in [0.3, 0.4) is 0 Å². The fourth-order valence-electron chi connectivity index (χ4n) is 1.69. The molecule has 0 aliphatic rings. The molecule has 0 radical (unpaired) electrons. The van der Waals surface area contributed by atoms with Crippen LogP contribution in [0.15, 0.2) is 42.7 Å². The minimum absolute atomic E-state index is 0.448. The maximum atomic E-state index is 5.83. The van der Waals surface area contributed by atoms with Gasteiger partial charge in [-0.1, -0.05) is 29.8 Å². The molecule has 0 saturated heterocycles. The van der Waals surface area contributed by atoms with Gasteiger partial charge in [0.2, 0.25) is 0 Å². The lowest BCUT2D eigenvalue weighted by Crippen LogP contribution is -1.84. The van der Waals surface area contributed by atoms with Crippen LogP contribution in [0.5, 0.6) is 0 Å². The summed E-state index contributed by atoms with van der Waals surface area (Å²) >= 11 is 5.83. The Morgan fingerprint density at radius 1 is 1.06 bits per heavy atom. The zero-order valence-corrected chi connectivity index (χ0v) is 9.07. The first kappa shape index (κ1) is 9.36. The number of fused-ring (bicyclic) bond motifs is 1. The molecule has 0 aliphatic heterocycles. The molecule has 0 amide bonds. The van der Waals surface area contributed by atoms with E-state index < -0.39 is 0 Å². The Balaban J connectivity index is 2.19. The molecule has 2 aromatic heterocycles. The molecule has 3 aromatic rings. The number of nitrogens with one attached hydrogen (secondary N) is 1. The molecule has 0 spiro atoms. The van der Waals surface area contributed by atoms with Crippen molar-refractivity contribution in [1.29, 1.82) is 0 Å². The Labute approximate surface area is 97.1 Å². The van der Waals surface area contributed by atoms with Crippen molar-refractivity contribution in [3.63, 3.8) is 0 Å². The number of benzene rings is 1. The van der Waals surface area contributed by atoms with E-state index in [9.17, 15) is 0 Å². The highest BCUT2D eigenvalue weighted by atomic mass is 35.5. The van der Waals surface area contributed by atoms with Crippen molar-refractivity contribution in [3.05, 3.63) is 47.9 Å². The van der Waals surface area contributed by atoms with E-state index >= 15 is 0 Å². The van der Waals surface area contributed by atoms with Crippen molar-refractivity contribution in [2.75, 3.05) is 0 Å². The van der Waals surface area contributed by atoms with Crippen LogP contribution in [-0.4, -0.2) is 15.0 Å². The fourth-order valence-corrected chi connectivity index (χ4v) is 1.84. The first-order valence-corrected chi connectivity index (χ1v) is 5.26. The van der Waals surface area contributed by atoms with Crippen molar-refractivity contribution in [2.24, 2.45) is 0 Å². The average Bonchev–Trinajstić information content (AvgIpc) is 2.72. The number of para-hydroxylation sites is 1. The van der Waals surface area contributed by atoms with Crippen LogP contribution in [0.4, 0.5) is 0 Å². The third kappa shape index (κ3) is 1.55. The normalized spacial score (nSPS) is 10.8.